The summed E-state index contributed by atoms with van der Waals surface area (Å²) in [6.45, 7) is 27.9. The van der Waals surface area contributed by atoms with E-state index in [2.05, 4.69) is 65.5 Å². The highest BCUT2D eigenvalue weighted by atomic mass is 31.2. The van der Waals surface area contributed by atoms with Crippen LogP contribution in [0.1, 0.15) is 167 Å². The van der Waals surface area contributed by atoms with Crippen LogP contribution in [-0.2, 0) is 92.8 Å². The number of amides is 4. The number of quaternary nitrogens is 4. The van der Waals surface area contributed by atoms with Crippen molar-refractivity contribution in [3.8, 4) is 0 Å². The molecule has 0 spiro atoms. The summed E-state index contributed by atoms with van der Waals surface area (Å²) in [6, 6.07) is 0. The average molecular weight is 1810 g/mol. The molecule has 44 heteroatoms. The third-order valence-corrected chi connectivity index (χ3v) is 26.0. The zero-order valence-corrected chi connectivity index (χ0v) is 76.4. The summed E-state index contributed by atoms with van der Waals surface area (Å²) in [5.74, 6) is -12.1. The molecule has 4 aliphatic carbocycles. The van der Waals surface area contributed by atoms with Gasteiger partial charge < -0.3 is 105 Å². The second-order valence-corrected chi connectivity index (χ2v) is 39.9. The largest absolute Gasteiger partial charge is 0.472 e. The second-order valence-electron chi connectivity index (χ2n) is 34.3. The molecule has 120 heavy (non-hydrogen) atoms. The smallest absolute Gasteiger partial charge is 0.390 e. The topological polar surface area (TPSA) is 647 Å². The van der Waals surface area contributed by atoms with Crippen molar-refractivity contribution in [2.24, 2.45) is 88.8 Å². The van der Waals surface area contributed by atoms with Crippen LogP contribution in [0.25, 0.3) is 0 Å². The van der Waals surface area contributed by atoms with E-state index in [9.17, 15) is 96.6 Å². The molecule has 28 N–H and O–H groups in total. The van der Waals surface area contributed by atoms with Gasteiger partial charge >= 0.3 is 31.3 Å². The molecular formula is C76H152N12O28P4+4. The number of aliphatic hydroxyl groups is 4. The minimum atomic E-state index is -5.01. The molecular weight excluding hydrogens is 1650 g/mol. The quantitative estimate of drug-likeness (QED) is 0.0243. The third kappa shape index (κ3) is 42.0. The lowest BCUT2D eigenvalue weighted by atomic mass is 9.79. The summed E-state index contributed by atoms with van der Waals surface area (Å²) in [7, 11) is -19.4. The molecule has 0 aromatic heterocycles. The lowest BCUT2D eigenvalue weighted by Gasteiger charge is -2.29. The summed E-state index contributed by atoms with van der Waals surface area (Å²) < 4.78 is 94.2. The van der Waals surface area contributed by atoms with Crippen LogP contribution in [-0.4, -0.2) is 266 Å². The van der Waals surface area contributed by atoms with Gasteiger partial charge in [-0.3, -0.25) is 74.5 Å². The SMILES string of the molecule is CC(C)CC(CC(=O)NCCNCC[NH3+])C(=O)CC(CC(=O)NCCNCC[NH3+])C(=O)CC(CC(=O)NCCNCC[NH3+])C(=O)CC(CC(=O)NCCNCC[NH3+])C(=O)C(C)C.CC(C)C[C@H]1C[C@@H](C)C(O)[C@H]1OP(=O)(O)OC[C@H]1C[C@@H](C)C(O)[C@H]1OP(=O)(O)OC[C@H]1C[C@@H](C)C(O)[C@H]1OP(=O)(O)OC[C@H]1C[C@@H](C)C(O)[C@H]1OP(=O)(O)OC(C)C. The van der Waals surface area contributed by atoms with Crippen LogP contribution in [0.3, 0.4) is 0 Å². The number of rotatable bonds is 62. The summed E-state index contributed by atoms with van der Waals surface area (Å²) in [6.07, 6.45) is -10.7. The summed E-state index contributed by atoms with van der Waals surface area (Å²) in [5.41, 5.74) is 15.1. The first-order chi connectivity index (χ1) is 56.2. The van der Waals surface area contributed by atoms with E-state index in [0.717, 1.165) is 0 Å². The van der Waals surface area contributed by atoms with E-state index in [1.165, 1.54) is 13.8 Å². The van der Waals surface area contributed by atoms with E-state index in [-0.39, 0.29) is 112 Å². The Labute approximate surface area is 708 Å². The van der Waals surface area contributed by atoms with Crippen molar-refractivity contribution in [2.75, 3.05) is 125 Å². The number of carbonyl (C=O) groups is 8. The molecule has 0 aromatic rings. The lowest BCUT2D eigenvalue weighted by Crippen LogP contribution is -2.54. The predicted octanol–water partition coefficient (Wildman–Crippen LogP) is -1.53. The van der Waals surface area contributed by atoms with Crippen molar-refractivity contribution in [3.63, 3.8) is 0 Å². The number of hydrogen-bond donors (Lipinski definition) is 20. The molecule has 0 heterocycles. The van der Waals surface area contributed by atoms with Crippen molar-refractivity contribution in [1.29, 1.82) is 0 Å². The van der Waals surface area contributed by atoms with Gasteiger partial charge in [-0.15, -0.1) is 0 Å². The van der Waals surface area contributed by atoms with Gasteiger partial charge in [0.1, 0.15) is 41.4 Å². The fourth-order valence-corrected chi connectivity index (χ4v) is 20.0. The minimum Gasteiger partial charge on any atom is -0.390 e. The molecule has 0 radical (unpaired) electrons. The van der Waals surface area contributed by atoms with Gasteiger partial charge in [-0.1, -0.05) is 69.2 Å². The molecule has 0 aliphatic heterocycles. The van der Waals surface area contributed by atoms with E-state index < -0.39 is 207 Å². The van der Waals surface area contributed by atoms with Gasteiger partial charge in [-0.2, -0.15) is 0 Å². The van der Waals surface area contributed by atoms with Crippen molar-refractivity contribution in [2.45, 2.75) is 221 Å². The van der Waals surface area contributed by atoms with Crippen molar-refractivity contribution >= 4 is 78.1 Å². The number of hydrogen-bond acceptors (Lipinski definition) is 28. The van der Waals surface area contributed by atoms with Gasteiger partial charge in [0.05, 0.1) is 82.6 Å². The zero-order chi connectivity index (χ0) is 90.4. The molecule has 12 unspecified atom stereocenters. The normalized spacial score (nSPS) is 27.4. The van der Waals surface area contributed by atoms with Crippen LogP contribution in [0, 0.1) is 88.8 Å². The number of aliphatic hydroxyl groups excluding tert-OH is 4. The molecule has 4 aliphatic rings. The number of nitrogens with one attached hydrogen (secondary N) is 8. The first-order valence-corrected chi connectivity index (χ1v) is 48.8. The third-order valence-electron chi connectivity index (χ3n) is 21.8. The Kier molecular flexibility index (Phi) is 51.6. The number of ketones is 4. The van der Waals surface area contributed by atoms with Gasteiger partial charge in [0.25, 0.3) is 0 Å². The van der Waals surface area contributed by atoms with Crippen molar-refractivity contribution in [3.05, 3.63) is 0 Å². The van der Waals surface area contributed by atoms with Gasteiger partial charge in [0, 0.05) is 171 Å². The summed E-state index contributed by atoms with van der Waals surface area (Å²) in [5, 5.41) is 66.7. The molecule has 0 aromatic carbocycles. The van der Waals surface area contributed by atoms with Gasteiger partial charge in [-0.25, -0.2) is 18.3 Å². The van der Waals surface area contributed by atoms with Crippen LogP contribution in [0.4, 0.5) is 0 Å². The maximum Gasteiger partial charge on any atom is 0.472 e. The van der Waals surface area contributed by atoms with Crippen LogP contribution in [0.15, 0.2) is 0 Å². The van der Waals surface area contributed by atoms with Crippen LogP contribution < -0.4 is 65.5 Å². The van der Waals surface area contributed by atoms with E-state index >= 15 is 0 Å². The molecule has 4 amide bonds. The van der Waals surface area contributed by atoms with Crippen LogP contribution in [0.2, 0.25) is 0 Å². The Morgan fingerprint density at radius 2 is 0.625 bits per heavy atom. The Bertz CT molecular complexity index is 3310. The summed E-state index contributed by atoms with van der Waals surface area (Å²) in [4.78, 5) is 151. The molecule has 24 atom stereocenters. The van der Waals surface area contributed by atoms with E-state index in [1.54, 1.807) is 34.6 Å². The molecule has 0 saturated heterocycles. The zero-order valence-electron chi connectivity index (χ0n) is 72.8. The summed E-state index contributed by atoms with van der Waals surface area (Å²) >= 11 is 0. The molecule has 4 saturated carbocycles. The van der Waals surface area contributed by atoms with Crippen LogP contribution >= 0.6 is 31.3 Å². The number of Topliss-reactive ketones (excluding diaryl/α,β-unsaturated/α-hetero) is 4. The Hall–Kier alpha value is -3.48. The highest BCUT2D eigenvalue weighted by molar-refractivity contribution is 7.48. The number of phosphoric ester groups is 4. The van der Waals surface area contributed by atoms with E-state index in [0.29, 0.717) is 111 Å². The van der Waals surface area contributed by atoms with Gasteiger partial charge in [0.15, 0.2) is 0 Å². The molecule has 4 fully saturated rings. The molecule has 40 nitrogen and oxygen atoms in total. The lowest BCUT2D eigenvalue weighted by molar-refractivity contribution is -0.365. The number of carbonyl (C=O) groups excluding carboxylic acids is 8. The second kappa shape index (κ2) is 56.0. The monoisotopic (exact) mass is 1800 g/mol. The highest BCUT2D eigenvalue weighted by Crippen LogP contribution is 2.57. The Balaban J connectivity index is 0.000000621. The van der Waals surface area contributed by atoms with Gasteiger partial charge in [0.2, 0.25) is 23.6 Å². The van der Waals surface area contributed by atoms with E-state index in [4.69, 9.17) is 36.2 Å². The maximum absolute atomic E-state index is 14.4. The molecule has 0 bridgehead atoms. The van der Waals surface area contributed by atoms with Gasteiger partial charge in [-0.05, 0) is 93.8 Å². The fraction of sp³-hybridized carbons (Fsp3) is 0.895. The minimum absolute atomic E-state index is 0.0481. The Morgan fingerprint density at radius 1 is 0.358 bits per heavy atom. The predicted molar refractivity (Wildman–Crippen MR) is 441 cm³/mol. The maximum atomic E-state index is 14.4. The molecule has 700 valence electrons. The van der Waals surface area contributed by atoms with Crippen LogP contribution in [0.5, 0.6) is 0 Å². The highest BCUT2D eigenvalue weighted by Gasteiger charge is 2.52. The first-order valence-electron chi connectivity index (χ1n) is 42.8. The first kappa shape index (κ1) is 111. The Morgan fingerprint density at radius 3 is 0.908 bits per heavy atom. The van der Waals surface area contributed by atoms with Crippen molar-refractivity contribution < 1.29 is 156 Å². The van der Waals surface area contributed by atoms with Crippen molar-refractivity contribution in [1.82, 2.24) is 42.5 Å². The fourth-order valence-electron chi connectivity index (χ4n) is 15.7. The number of phosphoric acid groups is 4. The van der Waals surface area contributed by atoms with E-state index in [1.807, 2.05) is 34.6 Å². The standard InChI is InChI=1S/C42H82N12O8.C34H66O20P4/c1-29(2)21-31(25-38(58)51-17-13-47-9-5-43)35(55)22-32(26-39(59)52-18-14-48-10-6-44)36(56)23-33(27-40(60)53-19-15-49-11-7-45)37(57)24-34(42(62)30(3)4)28-41(61)54-20-16-50-12-8-46;1-17(2)9-23-10-19(5)27(35)31(23)51-55(39,40)47-14-24-11-20(6)28(36)32(24)52-56(41,42)48-15-25-12-21(7)29(37)33(25)53-57(43,44)49-16-26-13-22(8)30(38)34(26)54-58(45,46)50-18(3)4/h29-34,47-50H,5-28,43-46H2,1-4H3,(H,51,58)(H,52,59)(H,53,60)(H,54,61);17-38H,9-16H2,1-8H3,(H,39,40)(H,41,42)(H,43,44)(H,45,46)/p+4/t;19-,20-,21-,22-,23+,24-,25-,26-,27?,28?,29?,30?,31+,32+,33+,34+/m.1/s1. The molecule has 4 rings (SSSR count). The average Bonchev–Trinajstić information content (AvgIpc) is 1.74.